The third-order valence-electron chi connectivity index (χ3n) is 10.0. The van der Waals surface area contributed by atoms with E-state index in [1.54, 1.807) is 7.11 Å². The fourth-order valence-corrected chi connectivity index (χ4v) is 7.52. The van der Waals surface area contributed by atoms with Crippen LogP contribution in [0.3, 0.4) is 0 Å². The second-order valence-corrected chi connectivity index (χ2v) is 12.7. The van der Waals surface area contributed by atoms with Crippen molar-refractivity contribution in [3.63, 3.8) is 0 Å². The molecule has 5 heterocycles. The number of aromatic nitrogens is 4. The van der Waals surface area contributed by atoms with Gasteiger partial charge in [0.1, 0.15) is 16.9 Å². The molecule has 2 N–H and O–H groups in total. The van der Waals surface area contributed by atoms with E-state index < -0.39 is 0 Å². The highest BCUT2D eigenvalue weighted by Crippen LogP contribution is 2.40. The van der Waals surface area contributed by atoms with Crippen molar-refractivity contribution < 1.29 is 14.3 Å². The summed E-state index contributed by atoms with van der Waals surface area (Å²) in [6, 6.07) is 10.6. The zero-order valence-electron chi connectivity index (χ0n) is 23.9. The SMILES string of the molecule is COc1cc(C(=O)N2C[C@H]3CC[C@@H]2[C@@H]3N)cc2nc(-c3cc4ccc(CC5CCOC5)nc4n3CC3CC3)n(C)c12. The van der Waals surface area contributed by atoms with E-state index in [1.165, 1.54) is 12.8 Å². The van der Waals surface area contributed by atoms with Crippen LogP contribution < -0.4 is 10.5 Å². The average molecular weight is 555 g/mol. The van der Waals surface area contributed by atoms with Crippen molar-refractivity contribution in [1.29, 1.82) is 0 Å². The number of pyridine rings is 1. The lowest BCUT2D eigenvalue weighted by Crippen LogP contribution is -2.41. The van der Waals surface area contributed by atoms with Gasteiger partial charge >= 0.3 is 0 Å². The third kappa shape index (κ3) is 4.15. The molecule has 41 heavy (non-hydrogen) atoms. The number of likely N-dealkylation sites (tertiary alicyclic amines) is 1. The van der Waals surface area contributed by atoms with Crippen LogP contribution in [0.5, 0.6) is 5.75 Å². The van der Waals surface area contributed by atoms with Crippen molar-refractivity contribution in [2.45, 2.75) is 57.2 Å². The monoisotopic (exact) mass is 554 g/mol. The average Bonchev–Trinajstić information content (AvgIpc) is 3.31. The number of fused-ring (bicyclic) bond motifs is 4. The minimum atomic E-state index is 0.0206. The maximum absolute atomic E-state index is 13.7. The number of piperidine rings is 1. The molecule has 0 radical (unpaired) electrons. The van der Waals surface area contributed by atoms with E-state index in [0.29, 0.717) is 29.1 Å². The van der Waals surface area contributed by atoms with Crippen LogP contribution in [-0.2, 0) is 24.8 Å². The van der Waals surface area contributed by atoms with Gasteiger partial charge in [0.15, 0.2) is 5.82 Å². The molecule has 9 nitrogen and oxygen atoms in total. The van der Waals surface area contributed by atoms with Crippen molar-refractivity contribution in [3.05, 3.63) is 41.6 Å². The molecule has 2 bridgehead atoms. The van der Waals surface area contributed by atoms with E-state index >= 15 is 0 Å². The van der Waals surface area contributed by atoms with Gasteiger partial charge in [0, 0.05) is 62.1 Å². The summed E-state index contributed by atoms with van der Waals surface area (Å²) in [5.41, 5.74) is 11.9. The Kier molecular flexibility index (Phi) is 5.90. The number of methoxy groups -OCH3 is 1. The summed E-state index contributed by atoms with van der Waals surface area (Å²) < 4.78 is 15.9. The molecule has 2 aliphatic heterocycles. The molecule has 3 aromatic heterocycles. The molecule has 1 unspecified atom stereocenters. The topological polar surface area (TPSA) is 100 Å². The van der Waals surface area contributed by atoms with Gasteiger partial charge in [-0.1, -0.05) is 0 Å². The predicted molar refractivity (Wildman–Crippen MR) is 157 cm³/mol. The summed E-state index contributed by atoms with van der Waals surface area (Å²) in [4.78, 5) is 26.0. The molecule has 4 atom stereocenters. The van der Waals surface area contributed by atoms with Gasteiger partial charge in [0.25, 0.3) is 5.91 Å². The molecule has 214 valence electrons. The van der Waals surface area contributed by atoms with Crippen molar-refractivity contribution in [2.24, 2.45) is 30.5 Å². The van der Waals surface area contributed by atoms with Gasteiger partial charge < -0.3 is 29.2 Å². The van der Waals surface area contributed by atoms with Crippen molar-refractivity contribution in [2.75, 3.05) is 26.9 Å². The first-order valence-electron chi connectivity index (χ1n) is 15.2. The Bertz CT molecular complexity index is 1660. The maximum Gasteiger partial charge on any atom is 0.254 e. The second kappa shape index (κ2) is 9.56. The van der Waals surface area contributed by atoms with Crippen LogP contribution in [0, 0.1) is 17.8 Å². The molecule has 2 saturated carbocycles. The molecule has 4 fully saturated rings. The molecular weight excluding hydrogens is 516 g/mol. The summed E-state index contributed by atoms with van der Waals surface area (Å²) in [5.74, 6) is 3.16. The fourth-order valence-electron chi connectivity index (χ4n) is 7.52. The first-order chi connectivity index (χ1) is 20.0. The molecule has 2 saturated heterocycles. The maximum atomic E-state index is 13.7. The summed E-state index contributed by atoms with van der Waals surface area (Å²) in [6.07, 6.45) is 6.65. The summed E-state index contributed by atoms with van der Waals surface area (Å²) in [7, 11) is 3.69. The lowest BCUT2D eigenvalue weighted by Gasteiger charge is -2.27. The zero-order valence-corrected chi connectivity index (χ0v) is 23.9. The normalized spacial score (nSPS) is 25.7. The molecule has 4 aromatic rings. The molecular formula is C32H38N6O3. The smallest absolute Gasteiger partial charge is 0.254 e. The molecule has 2 aliphatic carbocycles. The van der Waals surface area contributed by atoms with Gasteiger partial charge in [0.2, 0.25) is 0 Å². The number of aryl methyl sites for hydroxylation is 1. The Morgan fingerprint density at radius 1 is 1.10 bits per heavy atom. The van der Waals surface area contributed by atoms with Gasteiger partial charge in [-0.2, -0.15) is 0 Å². The molecule has 1 amide bonds. The Balaban J connectivity index is 1.21. The molecule has 8 rings (SSSR count). The fraction of sp³-hybridized carbons (Fsp3) is 0.531. The number of amides is 1. The second-order valence-electron chi connectivity index (χ2n) is 12.7. The lowest BCUT2D eigenvalue weighted by atomic mass is 10.0. The Labute approximate surface area is 239 Å². The minimum absolute atomic E-state index is 0.0206. The van der Waals surface area contributed by atoms with Crippen molar-refractivity contribution >= 4 is 28.0 Å². The first-order valence-corrected chi connectivity index (χ1v) is 15.2. The number of hydrogen-bond acceptors (Lipinski definition) is 6. The van der Waals surface area contributed by atoms with E-state index in [1.807, 2.05) is 24.1 Å². The van der Waals surface area contributed by atoms with Crippen LogP contribution in [-0.4, -0.2) is 68.9 Å². The Hall–Kier alpha value is -3.43. The molecule has 1 aromatic carbocycles. The van der Waals surface area contributed by atoms with E-state index in [0.717, 1.165) is 91.3 Å². The van der Waals surface area contributed by atoms with Gasteiger partial charge in [-0.15, -0.1) is 0 Å². The van der Waals surface area contributed by atoms with Crippen LogP contribution in [0.1, 0.15) is 48.2 Å². The number of nitrogens with two attached hydrogens (primary N) is 1. The minimum Gasteiger partial charge on any atom is -0.494 e. The van der Waals surface area contributed by atoms with Gasteiger partial charge in [-0.25, -0.2) is 9.97 Å². The van der Waals surface area contributed by atoms with Crippen LogP contribution in [0.4, 0.5) is 0 Å². The van der Waals surface area contributed by atoms with Crippen molar-refractivity contribution in [3.8, 4) is 17.3 Å². The van der Waals surface area contributed by atoms with E-state index in [2.05, 4.69) is 27.3 Å². The summed E-state index contributed by atoms with van der Waals surface area (Å²) >= 11 is 0. The molecule has 0 spiro atoms. The Morgan fingerprint density at radius 3 is 2.68 bits per heavy atom. The predicted octanol–water partition coefficient (Wildman–Crippen LogP) is 4.15. The third-order valence-corrected chi connectivity index (χ3v) is 10.0. The summed E-state index contributed by atoms with van der Waals surface area (Å²) in [5, 5.41) is 1.13. The van der Waals surface area contributed by atoms with Crippen LogP contribution in [0.15, 0.2) is 30.3 Å². The zero-order chi connectivity index (χ0) is 27.8. The number of ether oxygens (including phenoxy) is 2. The highest BCUT2D eigenvalue weighted by atomic mass is 16.5. The van der Waals surface area contributed by atoms with Gasteiger partial charge in [0.05, 0.1) is 18.3 Å². The number of benzene rings is 1. The number of rotatable bonds is 7. The largest absolute Gasteiger partial charge is 0.494 e. The van der Waals surface area contributed by atoms with E-state index in [9.17, 15) is 4.79 Å². The van der Waals surface area contributed by atoms with E-state index in [4.69, 9.17) is 25.2 Å². The van der Waals surface area contributed by atoms with Crippen LogP contribution in [0.2, 0.25) is 0 Å². The van der Waals surface area contributed by atoms with Crippen molar-refractivity contribution in [1.82, 2.24) is 24.0 Å². The quantitative estimate of drug-likeness (QED) is 0.369. The first kappa shape index (κ1) is 25.3. The van der Waals surface area contributed by atoms with Gasteiger partial charge in [-0.3, -0.25) is 4.79 Å². The van der Waals surface area contributed by atoms with Gasteiger partial charge in [-0.05, 0) is 86.6 Å². The number of nitrogens with zero attached hydrogens (tertiary/aromatic N) is 5. The molecule has 4 aliphatic rings. The van der Waals surface area contributed by atoms with Crippen LogP contribution >= 0.6 is 0 Å². The summed E-state index contributed by atoms with van der Waals surface area (Å²) in [6.45, 7) is 3.35. The highest BCUT2D eigenvalue weighted by molar-refractivity contribution is 6.00. The lowest BCUT2D eigenvalue weighted by molar-refractivity contribution is 0.0700. The van der Waals surface area contributed by atoms with E-state index in [-0.39, 0.29) is 18.0 Å². The van der Waals surface area contributed by atoms with Crippen LogP contribution in [0.25, 0.3) is 33.6 Å². The Morgan fingerprint density at radius 2 is 1.98 bits per heavy atom. The number of hydrogen-bond donors (Lipinski definition) is 1. The number of carbonyl (C=O) groups excluding carboxylic acids is 1. The number of imidazole rings is 1. The highest BCUT2D eigenvalue weighted by Gasteiger charge is 2.47. The molecule has 9 heteroatoms. The number of carbonyl (C=O) groups is 1. The standard InChI is InChI=1S/C32H38N6O3/c1-36-29-24(12-22(14-27(29)40-2)32(39)38-16-21-6-8-25(38)28(21)33)35-31(36)26-13-20-5-7-23(11-19-9-10-41-17-19)34-30(20)37(26)15-18-3-4-18/h5,7,12-14,18-19,21,25,28H,3-4,6,8-11,15-17,33H2,1-2H3/t19?,21-,25-,28-/m1/s1.